The number of rotatable bonds is 2. The summed E-state index contributed by atoms with van der Waals surface area (Å²) in [5.74, 6) is -0.148. The number of halogens is 2. The second kappa shape index (κ2) is 5.17. The Kier molecular flexibility index (Phi) is 3.97. The standard InChI is InChI=1S/C14H20BrFN2/c1-4-14(3)9-18(10(2)8-17-14)13-7-11(15)5-6-12(13)16/h5-7,10,17H,4,8-9H2,1-3H3. The highest BCUT2D eigenvalue weighted by molar-refractivity contribution is 9.10. The van der Waals surface area contributed by atoms with Gasteiger partial charge in [-0.3, -0.25) is 0 Å². The third kappa shape index (κ3) is 2.69. The minimum atomic E-state index is -0.148. The van der Waals surface area contributed by atoms with Crippen LogP contribution >= 0.6 is 15.9 Å². The predicted octanol–water partition coefficient (Wildman–Crippen LogP) is 3.56. The summed E-state index contributed by atoms with van der Waals surface area (Å²) >= 11 is 3.42. The molecule has 0 saturated carbocycles. The molecule has 1 fully saturated rings. The lowest BCUT2D eigenvalue weighted by atomic mass is 9.93. The number of nitrogens with zero attached hydrogens (tertiary/aromatic N) is 1. The van der Waals surface area contributed by atoms with E-state index in [2.05, 4.69) is 46.9 Å². The molecule has 1 heterocycles. The van der Waals surface area contributed by atoms with Crippen molar-refractivity contribution in [3.05, 3.63) is 28.5 Å². The molecule has 2 atom stereocenters. The molecule has 0 bridgehead atoms. The summed E-state index contributed by atoms with van der Waals surface area (Å²) in [5.41, 5.74) is 0.749. The lowest BCUT2D eigenvalue weighted by molar-refractivity contribution is 0.284. The lowest BCUT2D eigenvalue weighted by Crippen LogP contribution is -2.62. The fourth-order valence-corrected chi connectivity index (χ4v) is 2.71. The van der Waals surface area contributed by atoms with Crippen molar-refractivity contribution in [1.29, 1.82) is 0 Å². The van der Waals surface area contributed by atoms with Crippen LogP contribution in [-0.2, 0) is 0 Å². The van der Waals surface area contributed by atoms with Crippen LogP contribution in [0.15, 0.2) is 22.7 Å². The molecule has 0 spiro atoms. The van der Waals surface area contributed by atoms with Crippen molar-refractivity contribution in [2.75, 3.05) is 18.0 Å². The van der Waals surface area contributed by atoms with Gasteiger partial charge in [-0.15, -0.1) is 0 Å². The highest BCUT2D eigenvalue weighted by Crippen LogP contribution is 2.29. The highest BCUT2D eigenvalue weighted by Gasteiger charge is 2.33. The molecule has 2 unspecified atom stereocenters. The summed E-state index contributed by atoms with van der Waals surface area (Å²) in [5, 5.41) is 3.55. The molecule has 1 aromatic rings. The van der Waals surface area contributed by atoms with Gasteiger partial charge in [0.1, 0.15) is 5.82 Å². The molecule has 0 aliphatic carbocycles. The summed E-state index contributed by atoms with van der Waals surface area (Å²) in [6.07, 6.45) is 1.03. The van der Waals surface area contributed by atoms with Gasteiger partial charge >= 0.3 is 0 Å². The Hall–Kier alpha value is -0.610. The SMILES string of the molecule is CCC1(C)CN(c2cc(Br)ccc2F)C(C)CN1. The minimum Gasteiger partial charge on any atom is -0.363 e. The van der Waals surface area contributed by atoms with E-state index >= 15 is 0 Å². The molecule has 1 aromatic carbocycles. The zero-order valence-corrected chi connectivity index (χ0v) is 12.7. The van der Waals surface area contributed by atoms with Crippen molar-refractivity contribution in [3.63, 3.8) is 0 Å². The van der Waals surface area contributed by atoms with Crippen LogP contribution in [0.1, 0.15) is 27.2 Å². The van der Waals surface area contributed by atoms with Gasteiger partial charge in [-0.05, 0) is 38.5 Å². The molecule has 4 heteroatoms. The van der Waals surface area contributed by atoms with Crippen LogP contribution in [0, 0.1) is 5.82 Å². The van der Waals surface area contributed by atoms with Crippen molar-refractivity contribution >= 4 is 21.6 Å². The Bertz CT molecular complexity index is 438. The van der Waals surface area contributed by atoms with Crippen LogP contribution < -0.4 is 10.2 Å². The summed E-state index contributed by atoms with van der Waals surface area (Å²) < 4.78 is 14.9. The fraction of sp³-hybridized carbons (Fsp3) is 0.571. The Labute approximate surface area is 117 Å². The van der Waals surface area contributed by atoms with Crippen LogP contribution in [0.25, 0.3) is 0 Å². The Morgan fingerprint density at radius 1 is 1.56 bits per heavy atom. The first kappa shape index (κ1) is 13.8. The Morgan fingerprint density at radius 3 is 2.94 bits per heavy atom. The van der Waals surface area contributed by atoms with E-state index in [4.69, 9.17) is 0 Å². The molecular formula is C14H20BrFN2. The molecule has 2 rings (SSSR count). The molecule has 2 nitrogen and oxygen atoms in total. The minimum absolute atomic E-state index is 0.0568. The van der Waals surface area contributed by atoms with E-state index in [1.807, 2.05) is 6.07 Å². The van der Waals surface area contributed by atoms with Crippen molar-refractivity contribution in [1.82, 2.24) is 5.32 Å². The maximum Gasteiger partial charge on any atom is 0.146 e. The smallest absolute Gasteiger partial charge is 0.146 e. The van der Waals surface area contributed by atoms with Gasteiger partial charge in [0.2, 0.25) is 0 Å². The van der Waals surface area contributed by atoms with E-state index in [-0.39, 0.29) is 11.4 Å². The maximum absolute atomic E-state index is 14.0. The van der Waals surface area contributed by atoms with Crippen molar-refractivity contribution in [2.45, 2.75) is 38.8 Å². The van der Waals surface area contributed by atoms with E-state index < -0.39 is 0 Å². The predicted molar refractivity (Wildman–Crippen MR) is 77.6 cm³/mol. The molecule has 100 valence electrons. The van der Waals surface area contributed by atoms with Gasteiger partial charge in [0, 0.05) is 29.1 Å². The van der Waals surface area contributed by atoms with E-state index in [1.165, 1.54) is 6.07 Å². The average Bonchev–Trinajstić information content (AvgIpc) is 2.36. The van der Waals surface area contributed by atoms with Crippen molar-refractivity contribution in [2.24, 2.45) is 0 Å². The normalized spacial score (nSPS) is 28.5. The van der Waals surface area contributed by atoms with Crippen LogP contribution in [0.5, 0.6) is 0 Å². The van der Waals surface area contributed by atoms with E-state index in [1.54, 1.807) is 6.07 Å². The number of piperazine rings is 1. The quantitative estimate of drug-likeness (QED) is 0.898. The number of hydrogen-bond donors (Lipinski definition) is 1. The van der Waals surface area contributed by atoms with E-state index in [9.17, 15) is 4.39 Å². The Balaban J connectivity index is 2.32. The number of nitrogens with one attached hydrogen (secondary N) is 1. The summed E-state index contributed by atoms with van der Waals surface area (Å²) in [6, 6.07) is 5.43. The first-order valence-corrected chi connectivity index (χ1v) is 7.21. The molecule has 18 heavy (non-hydrogen) atoms. The molecule has 0 radical (unpaired) electrons. The summed E-state index contributed by atoms with van der Waals surface area (Å²) in [7, 11) is 0. The van der Waals surface area contributed by atoms with Gasteiger partial charge in [0.15, 0.2) is 0 Å². The molecule has 0 aromatic heterocycles. The van der Waals surface area contributed by atoms with Crippen molar-refractivity contribution in [3.8, 4) is 0 Å². The van der Waals surface area contributed by atoms with E-state index in [0.717, 1.165) is 24.0 Å². The second-order valence-electron chi connectivity index (χ2n) is 5.37. The van der Waals surface area contributed by atoms with Gasteiger partial charge < -0.3 is 10.2 Å². The second-order valence-corrected chi connectivity index (χ2v) is 6.28. The molecular weight excluding hydrogens is 295 g/mol. The number of benzene rings is 1. The largest absolute Gasteiger partial charge is 0.363 e. The molecule has 1 aliphatic rings. The van der Waals surface area contributed by atoms with Gasteiger partial charge in [-0.1, -0.05) is 22.9 Å². The van der Waals surface area contributed by atoms with Crippen molar-refractivity contribution < 1.29 is 4.39 Å². The van der Waals surface area contributed by atoms with Crippen LogP contribution in [0.4, 0.5) is 10.1 Å². The average molecular weight is 315 g/mol. The monoisotopic (exact) mass is 314 g/mol. The number of anilines is 1. The third-order valence-electron chi connectivity index (χ3n) is 3.87. The first-order chi connectivity index (χ1) is 8.45. The van der Waals surface area contributed by atoms with Gasteiger partial charge in [0.05, 0.1) is 5.69 Å². The molecule has 0 amide bonds. The molecule has 1 N–H and O–H groups in total. The van der Waals surface area contributed by atoms with E-state index in [0.29, 0.717) is 11.7 Å². The first-order valence-electron chi connectivity index (χ1n) is 6.42. The Morgan fingerprint density at radius 2 is 2.28 bits per heavy atom. The molecule has 1 saturated heterocycles. The third-order valence-corrected chi connectivity index (χ3v) is 4.37. The summed E-state index contributed by atoms with van der Waals surface area (Å²) in [6.45, 7) is 8.21. The number of hydrogen-bond acceptors (Lipinski definition) is 2. The topological polar surface area (TPSA) is 15.3 Å². The summed E-state index contributed by atoms with van der Waals surface area (Å²) in [4.78, 5) is 2.17. The van der Waals surface area contributed by atoms with Gasteiger partial charge in [0.25, 0.3) is 0 Å². The fourth-order valence-electron chi connectivity index (χ4n) is 2.36. The van der Waals surface area contributed by atoms with Gasteiger partial charge in [-0.2, -0.15) is 0 Å². The van der Waals surface area contributed by atoms with Crippen LogP contribution in [-0.4, -0.2) is 24.7 Å². The molecule has 1 aliphatic heterocycles. The zero-order valence-electron chi connectivity index (χ0n) is 11.1. The maximum atomic E-state index is 14.0. The highest BCUT2D eigenvalue weighted by atomic mass is 79.9. The van der Waals surface area contributed by atoms with Gasteiger partial charge in [-0.25, -0.2) is 4.39 Å². The van der Waals surface area contributed by atoms with Crippen LogP contribution in [0.2, 0.25) is 0 Å². The lowest BCUT2D eigenvalue weighted by Gasteiger charge is -2.46. The van der Waals surface area contributed by atoms with Crippen LogP contribution in [0.3, 0.4) is 0 Å². The zero-order chi connectivity index (χ0) is 13.3.